The Hall–Kier alpha value is -1.77. The maximum absolute atomic E-state index is 11.1. The van der Waals surface area contributed by atoms with Crippen LogP contribution in [0, 0.1) is 6.92 Å². The van der Waals surface area contributed by atoms with E-state index >= 15 is 0 Å². The number of nitrogens with zero attached hydrogens (tertiary/aromatic N) is 2. The topological polar surface area (TPSA) is 99.3 Å². The summed E-state index contributed by atoms with van der Waals surface area (Å²) in [5.74, 6) is 0.00431. The van der Waals surface area contributed by atoms with E-state index in [0.29, 0.717) is 16.9 Å². The predicted octanol–water partition coefficient (Wildman–Crippen LogP) is 1.52. The van der Waals surface area contributed by atoms with Crippen LogP contribution in [0.4, 0.5) is 11.4 Å². The first kappa shape index (κ1) is 19.6. The van der Waals surface area contributed by atoms with Gasteiger partial charge in [0.25, 0.3) is 10.1 Å². The van der Waals surface area contributed by atoms with Gasteiger partial charge in [-0.15, -0.1) is 5.11 Å². The largest absolute Gasteiger partial charge is 1.00 e. The molecule has 0 saturated carbocycles. The van der Waals surface area contributed by atoms with E-state index in [1.54, 1.807) is 19.1 Å². The molecule has 6 nitrogen and oxygen atoms in total. The normalized spacial score (nSPS) is 11.6. The Bertz CT molecular complexity index is 1070. The average Bonchev–Trinajstić information content (AvgIpc) is 2.54. The van der Waals surface area contributed by atoms with Crippen LogP contribution in [0.3, 0.4) is 0 Å². The van der Waals surface area contributed by atoms with Crippen molar-refractivity contribution in [2.75, 3.05) is 0 Å². The number of aromatic hydroxyl groups is 1. The molecule has 3 aromatic rings. The Morgan fingerprint density at radius 2 is 1.68 bits per heavy atom. The Balaban J connectivity index is 0.00000225. The molecule has 122 valence electrons. The van der Waals surface area contributed by atoms with Gasteiger partial charge in [-0.1, -0.05) is 30.3 Å². The van der Waals surface area contributed by atoms with Crippen LogP contribution in [-0.2, 0) is 10.1 Å². The minimum Gasteiger partial charge on any atom is -0.506 e. The van der Waals surface area contributed by atoms with Crippen LogP contribution in [0.15, 0.2) is 69.7 Å². The molecule has 0 aliphatic carbocycles. The molecule has 0 bridgehead atoms. The summed E-state index contributed by atoms with van der Waals surface area (Å²) in [7, 11) is -4.26. The molecule has 0 radical (unpaired) electrons. The van der Waals surface area contributed by atoms with Crippen molar-refractivity contribution in [3.05, 3.63) is 60.2 Å². The fraction of sp³-hybridized carbons (Fsp3) is 0.0588. The van der Waals surface area contributed by atoms with Crippen molar-refractivity contribution in [1.82, 2.24) is 0 Å². The van der Waals surface area contributed by atoms with Crippen LogP contribution in [-0.4, -0.2) is 18.1 Å². The summed E-state index contributed by atoms with van der Waals surface area (Å²) in [6.45, 7) is 1.66. The van der Waals surface area contributed by atoms with Gasteiger partial charge in [-0.05, 0) is 42.1 Å². The van der Waals surface area contributed by atoms with Crippen molar-refractivity contribution < 1.29 is 47.6 Å². The third kappa shape index (κ3) is 4.26. The number of hydrogen-bond donors (Lipinski definition) is 2. The number of aryl methyl sites for hydroxylation is 1. The molecule has 0 aliphatic heterocycles. The van der Waals surface area contributed by atoms with Gasteiger partial charge in [-0.3, -0.25) is 4.55 Å². The molecular weight excluding hydrogens is 351 g/mol. The SMILES string of the molecule is Cc1cc(S(=O)(=O)O)ccc1N=Nc1c(O)ccc2ccccc12.[Na+]. The Morgan fingerprint density at radius 3 is 2.36 bits per heavy atom. The number of hydrogen-bond acceptors (Lipinski definition) is 5. The number of rotatable bonds is 3. The molecule has 0 amide bonds. The van der Waals surface area contributed by atoms with Gasteiger partial charge in [-0.2, -0.15) is 13.5 Å². The second-order valence-electron chi connectivity index (χ2n) is 5.28. The Kier molecular flexibility index (Phi) is 5.97. The van der Waals surface area contributed by atoms with Crippen molar-refractivity contribution in [3.63, 3.8) is 0 Å². The molecule has 0 aliphatic rings. The van der Waals surface area contributed by atoms with Gasteiger partial charge >= 0.3 is 29.6 Å². The van der Waals surface area contributed by atoms with Gasteiger partial charge in [0.1, 0.15) is 11.4 Å². The van der Waals surface area contributed by atoms with Crippen LogP contribution >= 0.6 is 0 Å². The smallest absolute Gasteiger partial charge is 0.506 e. The maximum atomic E-state index is 11.1. The van der Waals surface area contributed by atoms with Gasteiger partial charge in [0.2, 0.25) is 0 Å². The number of phenolic OH excluding ortho intramolecular Hbond substituents is 1. The van der Waals surface area contributed by atoms with Crippen LogP contribution in [0.2, 0.25) is 0 Å². The molecule has 0 heterocycles. The van der Waals surface area contributed by atoms with E-state index < -0.39 is 10.1 Å². The van der Waals surface area contributed by atoms with Gasteiger partial charge in [-0.25, -0.2) is 0 Å². The zero-order valence-corrected chi connectivity index (χ0v) is 16.5. The molecule has 0 unspecified atom stereocenters. The van der Waals surface area contributed by atoms with E-state index in [0.717, 1.165) is 10.8 Å². The molecule has 0 fully saturated rings. The number of phenols is 1. The van der Waals surface area contributed by atoms with Crippen molar-refractivity contribution in [1.29, 1.82) is 0 Å². The van der Waals surface area contributed by atoms with Crippen LogP contribution in [0.5, 0.6) is 5.75 Å². The standard InChI is InChI=1S/C17H14N2O4S.Na/c1-11-10-13(24(21,22)23)7-8-15(11)18-19-17-14-5-3-2-4-12(14)6-9-16(17)20;/h2-10,20H,1H3,(H,21,22,23);/q;+1. The second-order valence-corrected chi connectivity index (χ2v) is 6.70. The zero-order chi connectivity index (χ0) is 17.3. The van der Waals surface area contributed by atoms with E-state index in [-0.39, 0.29) is 40.2 Å². The van der Waals surface area contributed by atoms with E-state index in [1.165, 1.54) is 18.2 Å². The summed E-state index contributed by atoms with van der Waals surface area (Å²) in [6, 6.07) is 14.8. The molecule has 8 heteroatoms. The molecule has 3 rings (SSSR count). The first-order valence-corrected chi connectivity index (χ1v) is 8.51. The maximum Gasteiger partial charge on any atom is 1.00 e. The minimum atomic E-state index is -4.26. The summed E-state index contributed by atoms with van der Waals surface area (Å²) in [6.07, 6.45) is 0. The monoisotopic (exact) mass is 365 g/mol. The van der Waals surface area contributed by atoms with Gasteiger partial charge in [0.05, 0.1) is 10.6 Å². The van der Waals surface area contributed by atoms with Gasteiger partial charge in [0, 0.05) is 5.39 Å². The van der Waals surface area contributed by atoms with E-state index in [1.807, 2.05) is 24.3 Å². The third-order valence-electron chi connectivity index (χ3n) is 3.60. The molecule has 0 atom stereocenters. The molecule has 25 heavy (non-hydrogen) atoms. The minimum absolute atomic E-state index is 0. The quantitative estimate of drug-likeness (QED) is 0.418. The molecule has 0 spiro atoms. The van der Waals surface area contributed by atoms with E-state index in [4.69, 9.17) is 4.55 Å². The third-order valence-corrected chi connectivity index (χ3v) is 4.45. The van der Waals surface area contributed by atoms with Crippen molar-refractivity contribution in [2.24, 2.45) is 10.2 Å². The van der Waals surface area contributed by atoms with E-state index in [2.05, 4.69) is 10.2 Å². The fourth-order valence-corrected chi connectivity index (χ4v) is 2.92. The molecule has 2 N–H and O–H groups in total. The predicted molar refractivity (Wildman–Crippen MR) is 90.8 cm³/mol. The zero-order valence-electron chi connectivity index (χ0n) is 13.7. The van der Waals surface area contributed by atoms with Crippen LogP contribution < -0.4 is 29.6 Å². The number of benzene rings is 3. The molecule has 0 saturated heterocycles. The molecular formula is C17H14N2NaO4S+. The van der Waals surface area contributed by atoms with E-state index in [9.17, 15) is 13.5 Å². The first-order chi connectivity index (χ1) is 11.4. The summed E-state index contributed by atoms with van der Waals surface area (Å²) < 4.78 is 31.3. The molecule has 0 aromatic heterocycles. The van der Waals surface area contributed by atoms with Crippen LogP contribution in [0.1, 0.15) is 5.56 Å². The van der Waals surface area contributed by atoms with Gasteiger partial charge < -0.3 is 5.11 Å². The fourth-order valence-electron chi connectivity index (χ4n) is 2.35. The summed E-state index contributed by atoms with van der Waals surface area (Å²) in [5, 5.41) is 19.9. The summed E-state index contributed by atoms with van der Waals surface area (Å²) in [5.41, 5.74) is 1.31. The number of fused-ring (bicyclic) bond motifs is 1. The van der Waals surface area contributed by atoms with Crippen molar-refractivity contribution in [3.8, 4) is 5.75 Å². The summed E-state index contributed by atoms with van der Waals surface area (Å²) >= 11 is 0. The van der Waals surface area contributed by atoms with Crippen molar-refractivity contribution >= 4 is 32.3 Å². The second kappa shape index (κ2) is 7.63. The first-order valence-electron chi connectivity index (χ1n) is 7.07. The number of azo groups is 1. The summed E-state index contributed by atoms with van der Waals surface area (Å²) in [4.78, 5) is -0.202. The molecule has 3 aromatic carbocycles. The Morgan fingerprint density at radius 1 is 0.960 bits per heavy atom. The average molecular weight is 365 g/mol. The van der Waals surface area contributed by atoms with Crippen molar-refractivity contribution in [2.45, 2.75) is 11.8 Å². The van der Waals surface area contributed by atoms with Crippen LogP contribution in [0.25, 0.3) is 10.8 Å². The Labute approximate surface area is 167 Å². The van der Waals surface area contributed by atoms with Gasteiger partial charge in [0.15, 0.2) is 0 Å².